The molecule has 2 N–H and O–H groups in total. The van der Waals surface area contributed by atoms with Crippen LogP contribution < -0.4 is 5.73 Å². The van der Waals surface area contributed by atoms with Gasteiger partial charge < -0.3 is 5.73 Å². The van der Waals surface area contributed by atoms with Crippen molar-refractivity contribution in [2.24, 2.45) is 17.6 Å². The van der Waals surface area contributed by atoms with Crippen molar-refractivity contribution >= 4 is 0 Å². The first-order valence-electron chi connectivity index (χ1n) is 5.99. The summed E-state index contributed by atoms with van der Waals surface area (Å²) in [5.74, 6) is 1.81. The zero-order valence-corrected chi connectivity index (χ0v) is 9.26. The summed E-state index contributed by atoms with van der Waals surface area (Å²) < 4.78 is 0. The van der Waals surface area contributed by atoms with Gasteiger partial charge in [0.1, 0.15) is 0 Å². The lowest BCUT2D eigenvalue weighted by Gasteiger charge is -2.09. The molecule has 0 saturated heterocycles. The van der Waals surface area contributed by atoms with Crippen LogP contribution >= 0.6 is 0 Å². The minimum atomic E-state index is 0.558. The fourth-order valence-corrected chi connectivity index (χ4v) is 1.99. The lowest BCUT2D eigenvalue weighted by molar-refractivity contribution is 0.436. The summed E-state index contributed by atoms with van der Waals surface area (Å²) in [7, 11) is 0. The lowest BCUT2D eigenvalue weighted by Crippen LogP contribution is -2.03. The highest BCUT2D eigenvalue weighted by Gasteiger charge is 2.32. The van der Waals surface area contributed by atoms with Gasteiger partial charge in [-0.1, -0.05) is 46.0 Å². The molecular formula is C12H25N. The maximum atomic E-state index is 5.77. The minimum Gasteiger partial charge on any atom is -0.327 e. The minimum absolute atomic E-state index is 0.558. The van der Waals surface area contributed by atoms with Crippen molar-refractivity contribution in [1.82, 2.24) is 0 Å². The van der Waals surface area contributed by atoms with E-state index in [2.05, 4.69) is 13.8 Å². The lowest BCUT2D eigenvalue weighted by atomic mass is 9.97. The fourth-order valence-electron chi connectivity index (χ4n) is 1.99. The maximum Gasteiger partial charge on any atom is 0.00709 e. The van der Waals surface area contributed by atoms with Crippen LogP contribution in [0.4, 0.5) is 0 Å². The molecule has 0 aromatic rings. The van der Waals surface area contributed by atoms with Crippen molar-refractivity contribution in [3.63, 3.8) is 0 Å². The first-order chi connectivity index (χ1) is 6.24. The van der Waals surface area contributed by atoms with Crippen molar-refractivity contribution in [2.45, 2.75) is 64.8 Å². The van der Waals surface area contributed by atoms with Crippen molar-refractivity contribution in [2.75, 3.05) is 0 Å². The Hall–Kier alpha value is -0.0400. The largest absolute Gasteiger partial charge is 0.327 e. The molecule has 0 aromatic heterocycles. The van der Waals surface area contributed by atoms with Crippen LogP contribution in [0.3, 0.4) is 0 Å². The van der Waals surface area contributed by atoms with Gasteiger partial charge in [-0.2, -0.15) is 0 Å². The predicted molar refractivity (Wildman–Crippen MR) is 58.6 cm³/mol. The molecule has 1 nitrogen and oxygen atoms in total. The van der Waals surface area contributed by atoms with Crippen molar-refractivity contribution in [1.29, 1.82) is 0 Å². The number of hydrogen-bond acceptors (Lipinski definition) is 1. The topological polar surface area (TPSA) is 26.0 Å². The molecule has 1 heteroatoms. The van der Waals surface area contributed by atoms with Crippen molar-refractivity contribution in [3.8, 4) is 0 Å². The highest BCUT2D eigenvalue weighted by molar-refractivity contribution is 4.89. The van der Waals surface area contributed by atoms with E-state index in [4.69, 9.17) is 5.73 Å². The number of rotatable bonds is 7. The van der Waals surface area contributed by atoms with Gasteiger partial charge in [-0.05, 0) is 24.7 Å². The summed E-state index contributed by atoms with van der Waals surface area (Å²) >= 11 is 0. The molecule has 1 aliphatic rings. The average molecular weight is 183 g/mol. The van der Waals surface area contributed by atoms with Gasteiger partial charge in [0.15, 0.2) is 0 Å². The van der Waals surface area contributed by atoms with Crippen LogP contribution in [0.25, 0.3) is 0 Å². The van der Waals surface area contributed by atoms with E-state index < -0.39 is 0 Å². The SMILES string of the molecule is CCCCCC(C)CCC1CC1N. The Kier molecular flexibility index (Phi) is 4.79. The first kappa shape index (κ1) is 11.0. The molecule has 0 aliphatic heterocycles. The third-order valence-corrected chi connectivity index (χ3v) is 3.31. The standard InChI is InChI=1S/C12H25N/c1-3-4-5-6-10(2)7-8-11-9-12(11)13/h10-12H,3-9,13H2,1-2H3. The number of unbranched alkanes of at least 4 members (excludes halogenated alkanes) is 2. The van der Waals surface area contributed by atoms with Gasteiger partial charge in [0, 0.05) is 6.04 Å². The second-order valence-electron chi connectivity index (χ2n) is 4.84. The third kappa shape index (κ3) is 4.66. The van der Waals surface area contributed by atoms with E-state index in [-0.39, 0.29) is 0 Å². The molecule has 0 heterocycles. The van der Waals surface area contributed by atoms with E-state index in [1.165, 1.54) is 44.9 Å². The molecule has 1 rings (SSSR count). The zero-order valence-electron chi connectivity index (χ0n) is 9.26. The Morgan fingerprint density at radius 2 is 2.00 bits per heavy atom. The Morgan fingerprint density at radius 3 is 2.54 bits per heavy atom. The van der Waals surface area contributed by atoms with Gasteiger partial charge >= 0.3 is 0 Å². The summed E-state index contributed by atoms with van der Waals surface area (Å²) in [6.07, 6.45) is 9.69. The Balaban J connectivity index is 1.88. The summed E-state index contributed by atoms with van der Waals surface area (Å²) in [4.78, 5) is 0. The second kappa shape index (κ2) is 5.64. The van der Waals surface area contributed by atoms with Gasteiger partial charge in [-0.25, -0.2) is 0 Å². The van der Waals surface area contributed by atoms with Crippen LogP contribution in [0.2, 0.25) is 0 Å². The van der Waals surface area contributed by atoms with Crippen LogP contribution in [-0.2, 0) is 0 Å². The van der Waals surface area contributed by atoms with E-state index >= 15 is 0 Å². The molecule has 78 valence electrons. The molecule has 1 fully saturated rings. The normalized spacial score (nSPS) is 28.8. The molecule has 13 heavy (non-hydrogen) atoms. The molecule has 0 bridgehead atoms. The van der Waals surface area contributed by atoms with E-state index in [9.17, 15) is 0 Å². The van der Waals surface area contributed by atoms with Gasteiger partial charge in [-0.15, -0.1) is 0 Å². The van der Waals surface area contributed by atoms with Gasteiger partial charge in [-0.3, -0.25) is 0 Å². The summed E-state index contributed by atoms with van der Waals surface area (Å²) in [6, 6.07) is 0.558. The van der Waals surface area contributed by atoms with Crippen LogP contribution in [0.1, 0.15) is 58.8 Å². The summed E-state index contributed by atoms with van der Waals surface area (Å²) in [5.41, 5.74) is 5.77. The van der Waals surface area contributed by atoms with Gasteiger partial charge in [0.2, 0.25) is 0 Å². The highest BCUT2D eigenvalue weighted by Crippen LogP contribution is 2.34. The molecule has 0 radical (unpaired) electrons. The van der Waals surface area contributed by atoms with Gasteiger partial charge in [0.25, 0.3) is 0 Å². The molecule has 1 saturated carbocycles. The van der Waals surface area contributed by atoms with Crippen LogP contribution in [0.15, 0.2) is 0 Å². The molecule has 3 atom stereocenters. The van der Waals surface area contributed by atoms with Crippen molar-refractivity contribution in [3.05, 3.63) is 0 Å². The number of hydrogen-bond donors (Lipinski definition) is 1. The van der Waals surface area contributed by atoms with Crippen LogP contribution in [0, 0.1) is 11.8 Å². The number of nitrogens with two attached hydrogens (primary N) is 1. The quantitative estimate of drug-likeness (QED) is 0.602. The first-order valence-corrected chi connectivity index (χ1v) is 5.99. The molecular weight excluding hydrogens is 158 g/mol. The van der Waals surface area contributed by atoms with E-state index in [0.29, 0.717) is 6.04 Å². The molecule has 3 unspecified atom stereocenters. The summed E-state index contributed by atoms with van der Waals surface area (Å²) in [5, 5.41) is 0. The average Bonchev–Trinajstić information content (AvgIpc) is 2.79. The fraction of sp³-hybridized carbons (Fsp3) is 1.00. The smallest absolute Gasteiger partial charge is 0.00709 e. The van der Waals surface area contributed by atoms with Gasteiger partial charge in [0.05, 0.1) is 0 Å². The molecule has 0 spiro atoms. The van der Waals surface area contributed by atoms with Crippen molar-refractivity contribution < 1.29 is 0 Å². The summed E-state index contributed by atoms with van der Waals surface area (Å²) in [6.45, 7) is 4.66. The monoisotopic (exact) mass is 183 g/mol. The van der Waals surface area contributed by atoms with E-state index in [1.54, 1.807) is 0 Å². The Bertz CT molecular complexity index is 133. The van der Waals surface area contributed by atoms with Crippen LogP contribution in [0.5, 0.6) is 0 Å². The second-order valence-corrected chi connectivity index (χ2v) is 4.84. The maximum absolute atomic E-state index is 5.77. The third-order valence-electron chi connectivity index (χ3n) is 3.31. The molecule has 0 aromatic carbocycles. The Morgan fingerprint density at radius 1 is 1.31 bits per heavy atom. The highest BCUT2D eigenvalue weighted by atomic mass is 14.7. The van der Waals surface area contributed by atoms with E-state index in [0.717, 1.165) is 11.8 Å². The van der Waals surface area contributed by atoms with E-state index in [1.807, 2.05) is 0 Å². The Labute approximate surface area is 83.1 Å². The zero-order chi connectivity index (χ0) is 9.68. The molecule has 1 aliphatic carbocycles. The molecule has 0 amide bonds. The predicted octanol–water partition coefficient (Wildman–Crippen LogP) is 3.33. The van der Waals surface area contributed by atoms with Crippen LogP contribution in [-0.4, -0.2) is 6.04 Å².